The minimum atomic E-state index is -4.66. The number of hydrogen-bond donors (Lipinski definition) is 1. The van der Waals surface area contributed by atoms with E-state index in [4.69, 9.17) is 20.9 Å². The summed E-state index contributed by atoms with van der Waals surface area (Å²) in [5, 5.41) is 0. The summed E-state index contributed by atoms with van der Waals surface area (Å²) in [6, 6.07) is 3.82. The van der Waals surface area contributed by atoms with Crippen molar-refractivity contribution in [2.24, 2.45) is 0 Å². The standard InChI is InChI=1S/C28H21F4N7O3/c1-4-27(2)17-10-33-23(20-21(15-6-7-15)35-13-36-25(20)41-3)38-24(17)39(26(40)42-27)12-14-5-8-16(18(29)9-14)22-34-11-19(37-22)28(30,31)32/h1,5,8-11,13,15H,6-7,12H2,2-3H3,(H,34,37). The smallest absolute Gasteiger partial charge is 0.432 e. The lowest BCUT2D eigenvalue weighted by molar-refractivity contribution is -0.140. The fraction of sp³-hybridized carbons (Fsp3) is 0.286. The number of carbonyl (C=O) groups excluding carboxylic acids is 1. The van der Waals surface area contributed by atoms with Crippen LogP contribution in [0, 0.1) is 18.2 Å². The number of alkyl halides is 3. The molecule has 2 aliphatic rings. The number of aromatic amines is 1. The first-order valence-corrected chi connectivity index (χ1v) is 12.7. The predicted molar refractivity (Wildman–Crippen MR) is 139 cm³/mol. The maximum atomic E-state index is 15.1. The Morgan fingerprint density at radius 1 is 1.21 bits per heavy atom. The van der Waals surface area contributed by atoms with Crippen LogP contribution in [0.4, 0.5) is 28.2 Å². The zero-order valence-corrected chi connectivity index (χ0v) is 22.2. The summed E-state index contributed by atoms with van der Waals surface area (Å²) < 4.78 is 65.1. The number of H-pyrrole nitrogens is 1. The SMILES string of the molecule is C#CC1(C)OC(=O)N(Cc2ccc(-c3ncc(C(F)(F)F)[nH]3)c(F)c2)c2nc(-c3c(OC)ncnc3C3CC3)ncc21. The third-order valence-electron chi connectivity index (χ3n) is 7.06. The number of imidazole rings is 1. The lowest BCUT2D eigenvalue weighted by Crippen LogP contribution is -2.44. The predicted octanol–water partition coefficient (Wildman–Crippen LogP) is 5.37. The Kier molecular flexibility index (Phi) is 6.32. The maximum Gasteiger partial charge on any atom is 0.432 e. The third kappa shape index (κ3) is 4.66. The molecule has 214 valence electrons. The van der Waals surface area contributed by atoms with Gasteiger partial charge in [0.1, 0.15) is 29.2 Å². The van der Waals surface area contributed by atoms with E-state index in [0.717, 1.165) is 24.6 Å². The molecule has 4 aromatic rings. The number of rotatable bonds is 6. The van der Waals surface area contributed by atoms with Gasteiger partial charge in [-0.3, -0.25) is 4.90 Å². The van der Waals surface area contributed by atoms with Crippen LogP contribution >= 0.6 is 0 Å². The van der Waals surface area contributed by atoms with Gasteiger partial charge >= 0.3 is 12.3 Å². The largest absolute Gasteiger partial charge is 0.480 e. The number of methoxy groups -OCH3 is 1. The van der Waals surface area contributed by atoms with Crippen LogP contribution in [0.1, 0.15) is 48.2 Å². The van der Waals surface area contributed by atoms with E-state index in [0.29, 0.717) is 22.9 Å². The Hall–Kier alpha value is -5.06. The van der Waals surface area contributed by atoms with Crippen LogP contribution in [0.5, 0.6) is 5.88 Å². The zero-order chi connectivity index (χ0) is 29.8. The van der Waals surface area contributed by atoms with E-state index in [1.54, 1.807) is 0 Å². The van der Waals surface area contributed by atoms with Crippen LogP contribution in [-0.2, 0) is 23.1 Å². The number of anilines is 1. The normalized spacial score (nSPS) is 18.3. The number of carbonyl (C=O) groups is 1. The summed E-state index contributed by atoms with van der Waals surface area (Å²) in [5.41, 5.74) is -0.942. The average Bonchev–Trinajstić information content (AvgIpc) is 3.69. The van der Waals surface area contributed by atoms with Crippen molar-refractivity contribution in [3.8, 4) is 41.0 Å². The summed E-state index contributed by atoms with van der Waals surface area (Å²) >= 11 is 0. The number of fused-ring (bicyclic) bond motifs is 1. The molecular formula is C28H21F4N7O3. The topological polar surface area (TPSA) is 119 Å². The van der Waals surface area contributed by atoms with Crippen molar-refractivity contribution < 1.29 is 31.8 Å². The number of nitrogens with zero attached hydrogens (tertiary/aromatic N) is 6. The molecule has 1 amide bonds. The van der Waals surface area contributed by atoms with Crippen LogP contribution in [0.2, 0.25) is 0 Å². The van der Waals surface area contributed by atoms with Crippen molar-refractivity contribution in [2.75, 3.05) is 12.0 Å². The number of hydrogen-bond acceptors (Lipinski definition) is 8. The molecule has 1 aliphatic carbocycles. The van der Waals surface area contributed by atoms with Crippen molar-refractivity contribution in [1.29, 1.82) is 0 Å². The summed E-state index contributed by atoms with van der Waals surface area (Å²) in [4.78, 5) is 38.0. The molecule has 14 heteroatoms. The van der Waals surface area contributed by atoms with Gasteiger partial charge in [-0.05, 0) is 37.5 Å². The first-order valence-electron chi connectivity index (χ1n) is 12.7. The zero-order valence-electron chi connectivity index (χ0n) is 22.2. The monoisotopic (exact) mass is 579 g/mol. The highest BCUT2D eigenvalue weighted by Gasteiger charge is 2.43. The van der Waals surface area contributed by atoms with Gasteiger partial charge in [-0.15, -0.1) is 6.42 Å². The summed E-state index contributed by atoms with van der Waals surface area (Å²) in [5.74, 6) is 2.12. The molecule has 0 saturated heterocycles. The molecule has 42 heavy (non-hydrogen) atoms. The van der Waals surface area contributed by atoms with Gasteiger partial charge in [-0.25, -0.2) is 34.1 Å². The number of benzene rings is 1. The number of amides is 1. The Morgan fingerprint density at radius 3 is 2.64 bits per heavy atom. The van der Waals surface area contributed by atoms with Crippen molar-refractivity contribution in [3.05, 3.63) is 65.3 Å². The van der Waals surface area contributed by atoms with Crippen molar-refractivity contribution >= 4 is 11.9 Å². The molecule has 1 unspecified atom stereocenters. The molecule has 6 rings (SSSR count). The van der Waals surface area contributed by atoms with Crippen LogP contribution in [0.3, 0.4) is 0 Å². The third-order valence-corrected chi connectivity index (χ3v) is 7.06. The molecule has 10 nitrogen and oxygen atoms in total. The lowest BCUT2D eigenvalue weighted by atomic mass is 9.96. The molecular weight excluding hydrogens is 558 g/mol. The van der Waals surface area contributed by atoms with Crippen LogP contribution in [0.25, 0.3) is 22.8 Å². The molecule has 1 fully saturated rings. The number of terminal acetylenes is 1. The number of nitrogens with one attached hydrogen (secondary N) is 1. The molecule has 1 aliphatic heterocycles. The highest BCUT2D eigenvalue weighted by atomic mass is 19.4. The van der Waals surface area contributed by atoms with Gasteiger partial charge in [0.25, 0.3) is 0 Å². The van der Waals surface area contributed by atoms with Gasteiger partial charge in [0.05, 0.1) is 36.7 Å². The summed E-state index contributed by atoms with van der Waals surface area (Å²) in [6.07, 6.45) is 5.55. The second kappa shape index (κ2) is 9.79. The van der Waals surface area contributed by atoms with Gasteiger partial charge in [-0.2, -0.15) is 13.2 Å². The van der Waals surface area contributed by atoms with Crippen molar-refractivity contribution in [1.82, 2.24) is 29.9 Å². The number of halogens is 4. The molecule has 0 radical (unpaired) electrons. The number of aromatic nitrogens is 6. The quantitative estimate of drug-likeness (QED) is 0.239. The molecule has 1 atom stereocenters. The summed E-state index contributed by atoms with van der Waals surface area (Å²) in [6.45, 7) is 1.32. The van der Waals surface area contributed by atoms with Gasteiger partial charge in [0, 0.05) is 12.1 Å². The van der Waals surface area contributed by atoms with Crippen LogP contribution in [-0.4, -0.2) is 43.1 Å². The molecule has 0 bridgehead atoms. The summed E-state index contributed by atoms with van der Waals surface area (Å²) in [7, 11) is 1.46. The fourth-order valence-corrected chi connectivity index (χ4v) is 4.70. The van der Waals surface area contributed by atoms with E-state index >= 15 is 4.39 Å². The molecule has 1 N–H and O–H groups in total. The number of cyclic esters (lactones) is 1. The molecule has 1 saturated carbocycles. The molecule has 0 spiro atoms. The fourth-order valence-electron chi connectivity index (χ4n) is 4.70. The van der Waals surface area contributed by atoms with E-state index in [1.165, 1.54) is 43.6 Å². The van der Waals surface area contributed by atoms with Crippen LogP contribution < -0.4 is 9.64 Å². The van der Waals surface area contributed by atoms with Gasteiger partial charge in [0.15, 0.2) is 11.6 Å². The Morgan fingerprint density at radius 2 is 2.00 bits per heavy atom. The second-order valence-corrected chi connectivity index (χ2v) is 9.94. The van der Waals surface area contributed by atoms with Gasteiger partial charge in [0.2, 0.25) is 11.5 Å². The Bertz CT molecular complexity index is 1760. The van der Waals surface area contributed by atoms with E-state index in [2.05, 4.69) is 30.8 Å². The first-order chi connectivity index (χ1) is 20.0. The minimum Gasteiger partial charge on any atom is -0.480 e. The van der Waals surface area contributed by atoms with E-state index in [1.807, 2.05) is 0 Å². The Balaban J connectivity index is 1.40. The lowest BCUT2D eigenvalue weighted by Gasteiger charge is -2.36. The highest BCUT2D eigenvalue weighted by molar-refractivity contribution is 5.91. The molecule has 1 aromatic carbocycles. The molecule has 3 aromatic heterocycles. The van der Waals surface area contributed by atoms with E-state index < -0.39 is 29.4 Å². The maximum absolute atomic E-state index is 15.1. The first kappa shape index (κ1) is 27.1. The minimum absolute atomic E-state index is 0.134. The second-order valence-electron chi connectivity index (χ2n) is 9.94. The average molecular weight is 580 g/mol. The van der Waals surface area contributed by atoms with Gasteiger partial charge < -0.3 is 14.5 Å². The van der Waals surface area contributed by atoms with Crippen LogP contribution in [0.15, 0.2) is 36.9 Å². The Labute approximate surface area is 236 Å². The van der Waals surface area contributed by atoms with E-state index in [-0.39, 0.29) is 41.4 Å². The molecule has 4 heterocycles. The van der Waals surface area contributed by atoms with E-state index in [9.17, 15) is 18.0 Å². The van der Waals surface area contributed by atoms with Crippen molar-refractivity contribution in [3.63, 3.8) is 0 Å². The van der Waals surface area contributed by atoms with Crippen molar-refractivity contribution in [2.45, 2.75) is 44.0 Å². The van der Waals surface area contributed by atoms with Gasteiger partial charge in [-0.1, -0.05) is 12.0 Å². The number of ether oxygens (including phenoxy) is 2. The highest BCUT2D eigenvalue weighted by Crippen LogP contribution is 2.46.